The first-order valence-corrected chi connectivity index (χ1v) is 7.32. The van der Waals surface area contributed by atoms with Gasteiger partial charge in [-0.25, -0.2) is 4.98 Å². The van der Waals surface area contributed by atoms with E-state index in [2.05, 4.69) is 31.4 Å². The number of nitrogens with zero attached hydrogens (tertiary/aromatic N) is 2. The smallest absolute Gasteiger partial charge is 0.112 e. The van der Waals surface area contributed by atoms with Gasteiger partial charge in [-0.2, -0.15) is 0 Å². The normalized spacial score (nSPS) is 17.3. The summed E-state index contributed by atoms with van der Waals surface area (Å²) in [5.74, 6) is 3.30. The summed E-state index contributed by atoms with van der Waals surface area (Å²) in [7, 11) is 0. The Morgan fingerprint density at radius 2 is 2.05 bits per heavy atom. The topological polar surface area (TPSA) is 43.8 Å². The van der Waals surface area contributed by atoms with Crippen molar-refractivity contribution in [1.82, 2.24) is 9.55 Å². The van der Waals surface area contributed by atoms with E-state index in [4.69, 9.17) is 10.7 Å². The van der Waals surface area contributed by atoms with Gasteiger partial charge in [0.05, 0.1) is 11.0 Å². The molecule has 2 N–H and O–H groups in total. The van der Waals surface area contributed by atoms with E-state index in [1.54, 1.807) is 0 Å². The minimum Gasteiger partial charge on any atom is -0.399 e. The average molecular weight is 257 g/mol. The fourth-order valence-corrected chi connectivity index (χ4v) is 2.90. The van der Waals surface area contributed by atoms with Crippen molar-refractivity contribution in [3.63, 3.8) is 0 Å². The number of rotatable bonds is 4. The largest absolute Gasteiger partial charge is 0.399 e. The summed E-state index contributed by atoms with van der Waals surface area (Å²) in [6.07, 6.45) is 2.80. The molecule has 0 amide bonds. The van der Waals surface area contributed by atoms with Crippen molar-refractivity contribution < 1.29 is 0 Å². The Kier molecular flexibility index (Phi) is 3.00. The maximum atomic E-state index is 5.87. The average Bonchev–Trinajstić information content (AvgIpc) is 3.13. The lowest BCUT2D eigenvalue weighted by molar-refractivity contribution is 0.424. The van der Waals surface area contributed by atoms with Crippen molar-refractivity contribution in [2.24, 2.45) is 11.8 Å². The van der Waals surface area contributed by atoms with Gasteiger partial charge >= 0.3 is 0 Å². The lowest BCUT2D eigenvalue weighted by Crippen LogP contribution is -2.13. The Bertz CT molecular complexity index is 593. The van der Waals surface area contributed by atoms with Crippen LogP contribution in [0.4, 0.5) is 5.69 Å². The molecular formula is C16H23N3. The zero-order valence-electron chi connectivity index (χ0n) is 12.1. The molecule has 0 radical (unpaired) electrons. The molecular weight excluding hydrogens is 234 g/mol. The molecule has 1 aliphatic rings. The summed E-state index contributed by atoms with van der Waals surface area (Å²) >= 11 is 0. The molecule has 102 valence electrons. The first-order valence-electron chi connectivity index (χ1n) is 7.32. The minimum absolute atomic E-state index is 0.444. The SMILES string of the molecule is CC(C)c1nc2cc(N)ccc2n1CC(C)C1CC1. The molecule has 1 saturated carbocycles. The molecule has 1 atom stereocenters. The molecule has 19 heavy (non-hydrogen) atoms. The lowest BCUT2D eigenvalue weighted by atomic mass is 10.1. The highest BCUT2D eigenvalue weighted by molar-refractivity contribution is 5.79. The monoisotopic (exact) mass is 257 g/mol. The Labute approximate surface area is 114 Å². The Balaban J connectivity index is 2.05. The Hall–Kier alpha value is -1.51. The van der Waals surface area contributed by atoms with E-state index < -0.39 is 0 Å². The van der Waals surface area contributed by atoms with Gasteiger partial charge < -0.3 is 10.3 Å². The first kappa shape index (κ1) is 12.5. The second-order valence-electron chi connectivity index (χ2n) is 6.30. The summed E-state index contributed by atoms with van der Waals surface area (Å²) in [4.78, 5) is 4.79. The molecule has 0 aliphatic heterocycles. The molecule has 1 aromatic carbocycles. The number of benzene rings is 1. The van der Waals surface area contributed by atoms with E-state index in [0.717, 1.165) is 29.6 Å². The van der Waals surface area contributed by atoms with E-state index in [-0.39, 0.29) is 0 Å². The van der Waals surface area contributed by atoms with Crippen LogP contribution in [0.2, 0.25) is 0 Å². The molecule has 3 heteroatoms. The van der Waals surface area contributed by atoms with Crippen molar-refractivity contribution >= 4 is 16.7 Å². The van der Waals surface area contributed by atoms with Crippen LogP contribution in [-0.2, 0) is 6.54 Å². The van der Waals surface area contributed by atoms with Crippen molar-refractivity contribution in [1.29, 1.82) is 0 Å². The molecule has 1 fully saturated rings. The van der Waals surface area contributed by atoms with Gasteiger partial charge in [0.2, 0.25) is 0 Å². The van der Waals surface area contributed by atoms with Crippen LogP contribution in [0.3, 0.4) is 0 Å². The highest BCUT2D eigenvalue weighted by Gasteiger charge is 2.29. The summed E-state index contributed by atoms with van der Waals surface area (Å²) in [5.41, 5.74) is 8.92. The molecule has 1 aromatic heterocycles. The molecule has 0 bridgehead atoms. The predicted octanol–water partition coefficient (Wildman–Crippen LogP) is 3.79. The van der Waals surface area contributed by atoms with Crippen LogP contribution < -0.4 is 5.73 Å². The molecule has 0 spiro atoms. The van der Waals surface area contributed by atoms with Crippen molar-refractivity contribution in [2.75, 3.05) is 5.73 Å². The first-order chi connectivity index (χ1) is 9.06. The van der Waals surface area contributed by atoms with Crippen LogP contribution in [0.15, 0.2) is 18.2 Å². The quantitative estimate of drug-likeness (QED) is 0.847. The zero-order valence-corrected chi connectivity index (χ0v) is 12.1. The van der Waals surface area contributed by atoms with Gasteiger partial charge in [-0.3, -0.25) is 0 Å². The molecule has 3 rings (SSSR count). The van der Waals surface area contributed by atoms with Crippen molar-refractivity contribution in [3.05, 3.63) is 24.0 Å². The third-order valence-corrected chi connectivity index (χ3v) is 4.22. The third kappa shape index (κ3) is 2.34. The van der Waals surface area contributed by atoms with E-state index in [0.29, 0.717) is 5.92 Å². The number of hydrogen-bond donors (Lipinski definition) is 1. The van der Waals surface area contributed by atoms with E-state index in [9.17, 15) is 0 Å². The number of nitrogen functional groups attached to an aromatic ring is 1. The Morgan fingerprint density at radius 3 is 2.68 bits per heavy atom. The van der Waals surface area contributed by atoms with Gasteiger partial charge in [0, 0.05) is 18.2 Å². The summed E-state index contributed by atoms with van der Waals surface area (Å²) in [5, 5.41) is 0. The highest BCUT2D eigenvalue weighted by Crippen LogP contribution is 2.38. The summed E-state index contributed by atoms with van der Waals surface area (Å²) in [6, 6.07) is 6.08. The predicted molar refractivity (Wildman–Crippen MR) is 80.1 cm³/mol. The van der Waals surface area contributed by atoms with Gasteiger partial charge in [-0.1, -0.05) is 20.8 Å². The highest BCUT2D eigenvalue weighted by atomic mass is 15.1. The number of anilines is 1. The zero-order chi connectivity index (χ0) is 13.6. The Morgan fingerprint density at radius 1 is 1.32 bits per heavy atom. The molecule has 1 heterocycles. The molecule has 0 saturated heterocycles. The third-order valence-electron chi connectivity index (χ3n) is 4.22. The van der Waals surface area contributed by atoms with Gasteiger partial charge in [0.1, 0.15) is 5.82 Å². The summed E-state index contributed by atoms with van der Waals surface area (Å²) in [6.45, 7) is 7.87. The second-order valence-corrected chi connectivity index (χ2v) is 6.30. The minimum atomic E-state index is 0.444. The maximum absolute atomic E-state index is 5.87. The van der Waals surface area contributed by atoms with Gasteiger partial charge in [0.15, 0.2) is 0 Å². The van der Waals surface area contributed by atoms with Crippen LogP contribution in [-0.4, -0.2) is 9.55 Å². The molecule has 1 unspecified atom stereocenters. The summed E-state index contributed by atoms with van der Waals surface area (Å²) < 4.78 is 2.41. The van der Waals surface area contributed by atoms with E-state index >= 15 is 0 Å². The van der Waals surface area contributed by atoms with Crippen molar-refractivity contribution in [2.45, 2.75) is 46.1 Å². The van der Waals surface area contributed by atoms with Crippen LogP contribution >= 0.6 is 0 Å². The van der Waals surface area contributed by atoms with Crippen LogP contribution in [0.5, 0.6) is 0 Å². The fraction of sp³-hybridized carbons (Fsp3) is 0.562. The number of nitrogens with two attached hydrogens (primary N) is 1. The number of aromatic nitrogens is 2. The van der Waals surface area contributed by atoms with Crippen LogP contribution in [0, 0.1) is 11.8 Å². The number of fused-ring (bicyclic) bond motifs is 1. The number of hydrogen-bond acceptors (Lipinski definition) is 2. The van der Waals surface area contributed by atoms with E-state index in [1.807, 2.05) is 12.1 Å². The van der Waals surface area contributed by atoms with Gasteiger partial charge in [0.25, 0.3) is 0 Å². The van der Waals surface area contributed by atoms with Crippen LogP contribution in [0.1, 0.15) is 45.4 Å². The molecule has 1 aliphatic carbocycles. The van der Waals surface area contributed by atoms with Gasteiger partial charge in [-0.15, -0.1) is 0 Å². The lowest BCUT2D eigenvalue weighted by Gasteiger charge is -2.16. The molecule has 3 nitrogen and oxygen atoms in total. The maximum Gasteiger partial charge on any atom is 0.112 e. The fourth-order valence-electron chi connectivity index (χ4n) is 2.90. The van der Waals surface area contributed by atoms with Crippen LogP contribution in [0.25, 0.3) is 11.0 Å². The molecule has 2 aromatic rings. The standard InChI is InChI=1S/C16H23N3/c1-10(2)16-18-14-8-13(17)6-7-15(14)19(16)9-11(3)12-4-5-12/h6-8,10-12H,4-5,9,17H2,1-3H3. The second kappa shape index (κ2) is 4.55. The van der Waals surface area contributed by atoms with Gasteiger partial charge in [-0.05, 0) is 42.9 Å². The van der Waals surface area contributed by atoms with Crippen molar-refractivity contribution in [3.8, 4) is 0 Å². The number of imidazole rings is 1. The van der Waals surface area contributed by atoms with E-state index in [1.165, 1.54) is 24.2 Å².